The van der Waals surface area contributed by atoms with Crippen LogP contribution in [0.3, 0.4) is 0 Å². The molecule has 162 valence electrons. The summed E-state index contributed by atoms with van der Waals surface area (Å²) in [5.41, 5.74) is 3.32. The molecule has 2 aromatic rings. The molecule has 0 saturated carbocycles. The maximum Gasteiger partial charge on any atom is 0.329 e. The van der Waals surface area contributed by atoms with Gasteiger partial charge in [-0.25, -0.2) is 5.43 Å². The van der Waals surface area contributed by atoms with Crippen molar-refractivity contribution in [3.05, 3.63) is 54.1 Å². The van der Waals surface area contributed by atoms with E-state index in [1.165, 1.54) is 13.3 Å². The van der Waals surface area contributed by atoms with Crippen LogP contribution >= 0.6 is 0 Å². The highest BCUT2D eigenvalue weighted by atomic mass is 16.5. The zero-order valence-electron chi connectivity index (χ0n) is 17.2. The van der Waals surface area contributed by atoms with Crippen molar-refractivity contribution in [2.75, 3.05) is 32.1 Å². The summed E-state index contributed by atoms with van der Waals surface area (Å²) in [6.45, 7) is 1.59. The van der Waals surface area contributed by atoms with Gasteiger partial charge >= 0.3 is 11.8 Å². The number of hydrogen-bond acceptors (Lipinski definition) is 6. The fraction of sp³-hybridized carbons (Fsp3) is 0.273. The van der Waals surface area contributed by atoms with Gasteiger partial charge in [-0.1, -0.05) is 0 Å². The van der Waals surface area contributed by atoms with Crippen molar-refractivity contribution >= 4 is 29.6 Å². The molecular formula is C22H24N4O5. The lowest BCUT2D eigenvalue weighted by molar-refractivity contribution is -0.136. The highest BCUT2D eigenvalue weighted by Gasteiger charge is 2.18. The van der Waals surface area contributed by atoms with Crippen molar-refractivity contribution in [2.24, 2.45) is 5.10 Å². The SMILES string of the molecule is COc1ccc(NC(=O)C(=O)N/N=C/c2ccc(OCC(=O)N3CCCC3)cc2)cc1. The van der Waals surface area contributed by atoms with E-state index in [0.29, 0.717) is 22.7 Å². The summed E-state index contributed by atoms with van der Waals surface area (Å²) in [7, 11) is 1.54. The number of anilines is 1. The minimum Gasteiger partial charge on any atom is -0.497 e. The molecule has 9 nitrogen and oxygen atoms in total. The van der Waals surface area contributed by atoms with Crippen LogP contribution in [0.2, 0.25) is 0 Å². The third-order valence-corrected chi connectivity index (χ3v) is 4.64. The van der Waals surface area contributed by atoms with E-state index in [9.17, 15) is 14.4 Å². The number of hydrazone groups is 1. The summed E-state index contributed by atoms with van der Waals surface area (Å²) < 4.78 is 10.5. The standard InChI is InChI=1S/C22H24N4O5/c1-30-18-10-6-17(7-11-18)24-21(28)22(29)25-23-14-16-4-8-19(9-5-16)31-15-20(27)26-12-2-3-13-26/h4-11,14H,2-3,12-13,15H2,1H3,(H,24,28)(H,25,29)/b23-14+. The van der Waals surface area contributed by atoms with Gasteiger partial charge in [0.2, 0.25) is 0 Å². The Bertz CT molecular complexity index is 935. The largest absolute Gasteiger partial charge is 0.497 e. The first-order chi connectivity index (χ1) is 15.0. The lowest BCUT2D eigenvalue weighted by Gasteiger charge is -2.15. The molecule has 3 amide bonds. The molecule has 2 N–H and O–H groups in total. The van der Waals surface area contributed by atoms with E-state index >= 15 is 0 Å². The monoisotopic (exact) mass is 424 g/mol. The van der Waals surface area contributed by atoms with Gasteiger partial charge in [-0.15, -0.1) is 0 Å². The normalized spacial score (nSPS) is 13.1. The number of methoxy groups -OCH3 is 1. The third-order valence-electron chi connectivity index (χ3n) is 4.64. The number of rotatable bonds is 7. The lowest BCUT2D eigenvalue weighted by Crippen LogP contribution is -2.32. The van der Waals surface area contributed by atoms with Crippen LogP contribution in [0.1, 0.15) is 18.4 Å². The van der Waals surface area contributed by atoms with Crippen LogP contribution in [0.15, 0.2) is 53.6 Å². The number of likely N-dealkylation sites (tertiary alicyclic amines) is 1. The van der Waals surface area contributed by atoms with Crippen molar-refractivity contribution in [2.45, 2.75) is 12.8 Å². The molecule has 1 fully saturated rings. The molecule has 0 aliphatic carbocycles. The quantitative estimate of drug-likeness (QED) is 0.400. The van der Waals surface area contributed by atoms with E-state index in [-0.39, 0.29) is 12.5 Å². The van der Waals surface area contributed by atoms with E-state index < -0.39 is 11.8 Å². The Morgan fingerprint density at radius 3 is 2.26 bits per heavy atom. The average Bonchev–Trinajstić information content (AvgIpc) is 3.34. The number of hydrogen-bond donors (Lipinski definition) is 2. The summed E-state index contributed by atoms with van der Waals surface area (Å²) >= 11 is 0. The molecule has 0 radical (unpaired) electrons. The van der Waals surface area contributed by atoms with E-state index in [4.69, 9.17) is 9.47 Å². The van der Waals surface area contributed by atoms with Crippen LogP contribution < -0.4 is 20.2 Å². The maximum absolute atomic E-state index is 12.0. The number of carbonyl (C=O) groups is 3. The summed E-state index contributed by atoms with van der Waals surface area (Å²) in [4.78, 5) is 37.5. The molecule has 0 bridgehead atoms. The van der Waals surface area contributed by atoms with Gasteiger partial charge in [0.05, 0.1) is 13.3 Å². The fourth-order valence-electron chi connectivity index (χ4n) is 2.93. The van der Waals surface area contributed by atoms with Crippen LogP contribution in [0.25, 0.3) is 0 Å². The zero-order valence-corrected chi connectivity index (χ0v) is 17.2. The Labute approximate surface area is 180 Å². The maximum atomic E-state index is 12.0. The van der Waals surface area contributed by atoms with Crippen LogP contribution in [-0.4, -0.2) is 55.6 Å². The van der Waals surface area contributed by atoms with Gasteiger partial charge in [0.1, 0.15) is 11.5 Å². The number of amides is 3. The Kier molecular flexibility index (Phi) is 7.58. The van der Waals surface area contributed by atoms with Crippen molar-refractivity contribution < 1.29 is 23.9 Å². The summed E-state index contributed by atoms with van der Waals surface area (Å²) in [5, 5.41) is 6.25. The Morgan fingerprint density at radius 1 is 0.968 bits per heavy atom. The summed E-state index contributed by atoms with van der Waals surface area (Å²) in [5.74, 6) is -0.547. The van der Waals surface area contributed by atoms with Crippen LogP contribution in [0, 0.1) is 0 Å². The Balaban J connectivity index is 1.42. The minimum absolute atomic E-state index is 0.00675. The predicted octanol–water partition coefficient (Wildman–Crippen LogP) is 1.79. The van der Waals surface area contributed by atoms with Gasteiger partial charge in [0, 0.05) is 18.8 Å². The molecule has 1 heterocycles. The van der Waals surface area contributed by atoms with Gasteiger partial charge in [0.15, 0.2) is 6.61 Å². The molecule has 0 atom stereocenters. The van der Waals surface area contributed by atoms with Crippen molar-refractivity contribution in [1.82, 2.24) is 10.3 Å². The highest BCUT2D eigenvalue weighted by molar-refractivity contribution is 6.39. The summed E-state index contributed by atoms with van der Waals surface area (Å²) in [6, 6.07) is 13.4. The molecule has 1 aliphatic heterocycles. The molecular weight excluding hydrogens is 400 g/mol. The number of nitrogens with one attached hydrogen (secondary N) is 2. The first-order valence-corrected chi connectivity index (χ1v) is 9.84. The molecule has 1 saturated heterocycles. The van der Waals surface area contributed by atoms with Crippen molar-refractivity contribution in [3.63, 3.8) is 0 Å². The highest BCUT2D eigenvalue weighted by Crippen LogP contribution is 2.15. The van der Waals surface area contributed by atoms with Gasteiger partial charge in [-0.3, -0.25) is 14.4 Å². The molecule has 3 rings (SSSR count). The van der Waals surface area contributed by atoms with E-state index in [0.717, 1.165) is 25.9 Å². The first kappa shape index (κ1) is 21.8. The van der Waals surface area contributed by atoms with Crippen LogP contribution in [0.4, 0.5) is 5.69 Å². The van der Waals surface area contributed by atoms with Crippen molar-refractivity contribution in [1.29, 1.82) is 0 Å². The molecule has 1 aliphatic rings. The molecule has 9 heteroatoms. The molecule has 2 aromatic carbocycles. The molecule has 0 unspecified atom stereocenters. The predicted molar refractivity (Wildman–Crippen MR) is 115 cm³/mol. The molecule has 0 spiro atoms. The van der Waals surface area contributed by atoms with Gasteiger partial charge in [-0.2, -0.15) is 5.10 Å². The topological polar surface area (TPSA) is 109 Å². The molecule has 31 heavy (non-hydrogen) atoms. The van der Waals surface area contributed by atoms with Gasteiger partial charge in [-0.05, 0) is 66.9 Å². The Hall–Kier alpha value is -3.88. The van der Waals surface area contributed by atoms with Gasteiger partial charge in [0.25, 0.3) is 5.91 Å². The van der Waals surface area contributed by atoms with Gasteiger partial charge < -0.3 is 19.7 Å². The minimum atomic E-state index is -0.896. The fourth-order valence-corrected chi connectivity index (χ4v) is 2.93. The number of benzene rings is 2. The molecule has 0 aromatic heterocycles. The lowest BCUT2D eigenvalue weighted by atomic mass is 10.2. The number of ether oxygens (including phenoxy) is 2. The Morgan fingerprint density at radius 2 is 1.61 bits per heavy atom. The van der Waals surface area contributed by atoms with E-state index in [1.54, 1.807) is 53.4 Å². The average molecular weight is 424 g/mol. The second kappa shape index (κ2) is 10.8. The first-order valence-electron chi connectivity index (χ1n) is 9.84. The van der Waals surface area contributed by atoms with E-state index in [2.05, 4.69) is 15.8 Å². The van der Waals surface area contributed by atoms with Crippen molar-refractivity contribution in [3.8, 4) is 11.5 Å². The third kappa shape index (κ3) is 6.56. The summed E-state index contributed by atoms with van der Waals surface area (Å²) in [6.07, 6.45) is 3.48. The second-order valence-electron chi connectivity index (χ2n) is 6.83. The second-order valence-corrected chi connectivity index (χ2v) is 6.83. The van der Waals surface area contributed by atoms with Crippen LogP contribution in [0.5, 0.6) is 11.5 Å². The number of nitrogens with zero attached hydrogens (tertiary/aromatic N) is 2. The zero-order chi connectivity index (χ0) is 22.1. The van der Waals surface area contributed by atoms with Crippen LogP contribution in [-0.2, 0) is 14.4 Å². The number of carbonyl (C=O) groups excluding carboxylic acids is 3. The smallest absolute Gasteiger partial charge is 0.329 e. The van der Waals surface area contributed by atoms with E-state index in [1.807, 2.05) is 0 Å².